The lowest BCUT2D eigenvalue weighted by Crippen LogP contribution is -2.35. The van der Waals surface area contributed by atoms with Crippen LogP contribution in [0.25, 0.3) is 0 Å². The summed E-state index contributed by atoms with van der Waals surface area (Å²) in [6, 6.07) is 7.20. The Bertz CT molecular complexity index is 438. The zero-order valence-corrected chi connectivity index (χ0v) is 10.6. The van der Waals surface area contributed by atoms with Crippen molar-refractivity contribution in [2.45, 2.75) is 0 Å². The van der Waals surface area contributed by atoms with Gasteiger partial charge in [0.25, 0.3) is 0 Å². The van der Waals surface area contributed by atoms with Crippen LogP contribution in [-0.4, -0.2) is 32.5 Å². The van der Waals surface area contributed by atoms with Gasteiger partial charge in [0.2, 0.25) is 0 Å². The molecule has 0 unspecified atom stereocenters. The monoisotopic (exact) mass is 247 g/mol. The van der Waals surface area contributed by atoms with Gasteiger partial charge in [-0.1, -0.05) is 6.08 Å². The Morgan fingerprint density at radius 3 is 2.33 bits per heavy atom. The summed E-state index contributed by atoms with van der Waals surface area (Å²) in [5.41, 5.74) is 1.60. The average molecular weight is 247 g/mol. The number of rotatable bonds is 4. The van der Waals surface area contributed by atoms with Crippen molar-refractivity contribution in [3.8, 4) is 0 Å². The highest BCUT2D eigenvalue weighted by atomic mass is 16.2. The van der Waals surface area contributed by atoms with Gasteiger partial charge in [0.1, 0.15) is 0 Å². The Kier molecular flexibility index (Phi) is 4.92. The summed E-state index contributed by atoms with van der Waals surface area (Å²) >= 11 is 0. The predicted molar refractivity (Wildman–Crippen MR) is 72.6 cm³/mol. The molecule has 1 aromatic carbocycles. The van der Waals surface area contributed by atoms with Crippen LogP contribution in [-0.2, 0) is 9.59 Å². The van der Waals surface area contributed by atoms with Crippen molar-refractivity contribution in [3.63, 3.8) is 0 Å². The summed E-state index contributed by atoms with van der Waals surface area (Å²) in [7, 11) is 3.85. The zero-order valence-electron chi connectivity index (χ0n) is 10.6. The molecule has 0 fully saturated rings. The zero-order chi connectivity index (χ0) is 13.5. The van der Waals surface area contributed by atoms with Gasteiger partial charge in [-0.25, -0.2) is 0 Å². The molecule has 2 amide bonds. The molecular formula is C13H17N3O2. The lowest BCUT2D eigenvalue weighted by molar-refractivity contribution is -0.136. The van der Waals surface area contributed by atoms with Gasteiger partial charge in [0, 0.05) is 32.0 Å². The number of hydrogen-bond acceptors (Lipinski definition) is 3. The molecule has 0 saturated heterocycles. The number of nitrogens with zero attached hydrogens (tertiary/aromatic N) is 1. The minimum absolute atomic E-state index is 0.270. The van der Waals surface area contributed by atoms with Crippen LogP contribution in [0.15, 0.2) is 36.9 Å². The van der Waals surface area contributed by atoms with Crippen molar-refractivity contribution in [2.24, 2.45) is 0 Å². The third-order valence-corrected chi connectivity index (χ3v) is 2.25. The van der Waals surface area contributed by atoms with Crippen LogP contribution in [0.5, 0.6) is 0 Å². The van der Waals surface area contributed by atoms with Gasteiger partial charge in [-0.05, 0) is 24.3 Å². The number of nitrogens with one attached hydrogen (secondary N) is 2. The highest BCUT2D eigenvalue weighted by Gasteiger charge is 2.12. The normalized spacial score (nSPS) is 9.44. The van der Waals surface area contributed by atoms with Gasteiger partial charge >= 0.3 is 11.8 Å². The Labute approximate surface area is 106 Å². The van der Waals surface area contributed by atoms with E-state index in [1.54, 1.807) is 12.1 Å². The first-order valence-corrected chi connectivity index (χ1v) is 5.52. The maximum absolute atomic E-state index is 11.5. The number of anilines is 2. The van der Waals surface area contributed by atoms with E-state index in [-0.39, 0.29) is 6.54 Å². The second-order valence-corrected chi connectivity index (χ2v) is 3.89. The molecule has 0 aromatic heterocycles. The second kappa shape index (κ2) is 6.44. The van der Waals surface area contributed by atoms with Crippen molar-refractivity contribution in [3.05, 3.63) is 36.9 Å². The summed E-state index contributed by atoms with van der Waals surface area (Å²) in [5.74, 6) is -1.36. The third kappa shape index (κ3) is 3.93. The molecule has 0 aliphatic carbocycles. The predicted octanol–water partition coefficient (Wildman–Crippen LogP) is 0.993. The fraction of sp³-hybridized carbons (Fsp3) is 0.231. The van der Waals surface area contributed by atoms with Gasteiger partial charge in [0.05, 0.1) is 0 Å². The SMILES string of the molecule is C=CCNC(=O)C(=O)Nc1ccc(N(C)C)cc1. The minimum atomic E-state index is -0.686. The molecule has 5 heteroatoms. The quantitative estimate of drug-likeness (QED) is 0.616. The minimum Gasteiger partial charge on any atom is -0.378 e. The number of hydrogen-bond donors (Lipinski definition) is 2. The molecule has 0 bridgehead atoms. The van der Waals surface area contributed by atoms with E-state index in [1.165, 1.54) is 6.08 Å². The molecule has 0 aliphatic heterocycles. The molecule has 18 heavy (non-hydrogen) atoms. The molecule has 0 radical (unpaired) electrons. The van der Waals surface area contributed by atoms with E-state index < -0.39 is 11.8 Å². The third-order valence-electron chi connectivity index (χ3n) is 2.25. The van der Waals surface area contributed by atoms with E-state index in [2.05, 4.69) is 17.2 Å². The van der Waals surface area contributed by atoms with E-state index >= 15 is 0 Å². The lowest BCUT2D eigenvalue weighted by Gasteiger charge is -2.12. The first-order valence-electron chi connectivity index (χ1n) is 5.52. The van der Waals surface area contributed by atoms with E-state index in [0.717, 1.165) is 5.69 Å². The van der Waals surface area contributed by atoms with Crippen LogP contribution in [0.3, 0.4) is 0 Å². The Morgan fingerprint density at radius 2 is 1.83 bits per heavy atom. The van der Waals surface area contributed by atoms with Crippen molar-refractivity contribution in [2.75, 3.05) is 30.9 Å². The number of amides is 2. The first-order chi connectivity index (χ1) is 8.54. The molecule has 0 spiro atoms. The van der Waals surface area contributed by atoms with Crippen molar-refractivity contribution < 1.29 is 9.59 Å². The molecule has 0 saturated carbocycles. The van der Waals surface area contributed by atoms with E-state index in [4.69, 9.17) is 0 Å². The standard InChI is InChI=1S/C13H17N3O2/c1-4-9-14-12(17)13(18)15-10-5-7-11(8-6-10)16(2)3/h4-8H,1,9H2,2-3H3,(H,14,17)(H,15,18). The average Bonchev–Trinajstić information content (AvgIpc) is 2.36. The van der Waals surface area contributed by atoms with Crippen LogP contribution in [0.2, 0.25) is 0 Å². The van der Waals surface area contributed by atoms with Crippen molar-refractivity contribution in [1.82, 2.24) is 5.32 Å². The van der Waals surface area contributed by atoms with E-state index in [9.17, 15) is 9.59 Å². The van der Waals surface area contributed by atoms with Gasteiger partial charge in [-0.3, -0.25) is 9.59 Å². The highest BCUT2D eigenvalue weighted by Crippen LogP contribution is 2.15. The molecule has 1 rings (SSSR count). The number of benzene rings is 1. The van der Waals surface area contributed by atoms with Gasteiger partial charge < -0.3 is 15.5 Å². The van der Waals surface area contributed by atoms with E-state index in [1.807, 2.05) is 31.1 Å². The molecule has 2 N–H and O–H groups in total. The molecule has 1 aromatic rings. The molecule has 0 aliphatic rings. The summed E-state index contributed by atoms with van der Waals surface area (Å²) in [6.07, 6.45) is 1.51. The first kappa shape index (κ1) is 13.8. The molecule has 96 valence electrons. The largest absolute Gasteiger partial charge is 0.378 e. The fourth-order valence-electron chi connectivity index (χ4n) is 1.28. The Morgan fingerprint density at radius 1 is 1.22 bits per heavy atom. The van der Waals surface area contributed by atoms with Gasteiger partial charge in [-0.15, -0.1) is 6.58 Å². The van der Waals surface area contributed by atoms with Gasteiger partial charge in [-0.2, -0.15) is 0 Å². The summed E-state index contributed by atoms with van der Waals surface area (Å²) < 4.78 is 0. The molecular weight excluding hydrogens is 230 g/mol. The molecule has 5 nitrogen and oxygen atoms in total. The van der Waals surface area contributed by atoms with Crippen molar-refractivity contribution >= 4 is 23.2 Å². The van der Waals surface area contributed by atoms with Crippen LogP contribution in [0, 0.1) is 0 Å². The number of carbonyl (C=O) groups is 2. The maximum Gasteiger partial charge on any atom is 0.313 e. The summed E-state index contributed by atoms with van der Waals surface area (Å²) in [6.45, 7) is 3.72. The van der Waals surface area contributed by atoms with Crippen LogP contribution >= 0.6 is 0 Å². The fourth-order valence-corrected chi connectivity index (χ4v) is 1.28. The van der Waals surface area contributed by atoms with Crippen LogP contribution < -0.4 is 15.5 Å². The van der Waals surface area contributed by atoms with E-state index in [0.29, 0.717) is 5.69 Å². The second-order valence-electron chi connectivity index (χ2n) is 3.89. The summed E-state index contributed by atoms with van der Waals surface area (Å²) in [4.78, 5) is 24.7. The molecule has 0 heterocycles. The van der Waals surface area contributed by atoms with Crippen LogP contribution in [0.1, 0.15) is 0 Å². The van der Waals surface area contributed by atoms with Gasteiger partial charge in [0.15, 0.2) is 0 Å². The maximum atomic E-state index is 11.5. The summed E-state index contributed by atoms with van der Waals surface area (Å²) in [5, 5.41) is 4.92. The Hall–Kier alpha value is -2.30. The van der Waals surface area contributed by atoms with Crippen molar-refractivity contribution in [1.29, 1.82) is 0 Å². The molecule has 0 atom stereocenters. The Balaban J connectivity index is 2.59. The smallest absolute Gasteiger partial charge is 0.313 e. The highest BCUT2D eigenvalue weighted by molar-refractivity contribution is 6.39. The topological polar surface area (TPSA) is 61.4 Å². The number of carbonyl (C=O) groups excluding carboxylic acids is 2. The lowest BCUT2D eigenvalue weighted by atomic mass is 10.2. The van der Waals surface area contributed by atoms with Crippen LogP contribution in [0.4, 0.5) is 11.4 Å².